The van der Waals surface area contributed by atoms with E-state index in [0.717, 1.165) is 19.5 Å². The number of piperidine rings is 1. The van der Waals surface area contributed by atoms with Gasteiger partial charge in [-0.15, -0.1) is 0 Å². The van der Waals surface area contributed by atoms with E-state index in [1.165, 1.54) is 12.8 Å². The normalized spacial score (nSPS) is 21.4. The highest BCUT2D eigenvalue weighted by Gasteiger charge is 2.26. The van der Waals surface area contributed by atoms with Gasteiger partial charge in [-0.25, -0.2) is 0 Å². The Bertz CT molecular complexity index is 189. The number of likely N-dealkylation sites (tertiary alicyclic amines) is 1. The molecule has 0 aromatic heterocycles. The van der Waals surface area contributed by atoms with E-state index in [0.29, 0.717) is 11.5 Å². The molecule has 0 aromatic rings. The molecule has 2 nitrogen and oxygen atoms in total. The molecule has 0 bridgehead atoms. The van der Waals surface area contributed by atoms with Crippen molar-refractivity contribution in [3.8, 4) is 6.07 Å². The summed E-state index contributed by atoms with van der Waals surface area (Å²) in [6.07, 6.45) is 3.15. The van der Waals surface area contributed by atoms with Crippen LogP contribution in [0.15, 0.2) is 0 Å². The molecule has 0 aromatic carbocycles. The Morgan fingerprint density at radius 3 is 2.23 bits per heavy atom. The number of nitriles is 1. The van der Waals surface area contributed by atoms with Crippen LogP contribution < -0.4 is 0 Å². The number of rotatable bonds is 1. The lowest BCUT2D eigenvalue weighted by Crippen LogP contribution is -2.46. The van der Waals surface area contributed by atoms with Gasteiger partial charge in [-0.2, -0.15) is 5.26 Å². The van der Waals surface area contributed by atoms with Crippen molar-refractivity contribution in [2.45, 2.75) is 45.6 Å². The highest BCUT2D eigenvalue weighted by atomic mass is 15.2. The molecule has 0 spiro atoms. The first-order chi connectivity index (χ1) is 6.04. The minimum atomic E-state index is 0.303. The van der Waals surface area contributed by atoms with Gasteiger partial charge in [-0.1, -0.05) is 0 Å². The minimum Gasteiger partial charge on any atom is -0.298 e. The first-order valence-corrected chi connectivity index (χ1v) is 5.16. The minimum absolute atomic E-state index is 0.303. The third kappa shape index (κ3) is 3.00. The molecule has 0 N–H and O–H groups in total. The van der Waals surface area contributed by atoms with Gasteiger partial charge in [0.2, 0.25) is 0 Å². The Balaban J connectivity index is 2.36. The van der Waals surface area contributed by atoms with E-state index >= 15 is 0 Å². The summed E-state index contributed by atoms with van der Waals surface area (Å²) in [4.78, 5) is 2.51. The second-order valence-corrected chi connectivity index (χ2v) is 4.96. The van der Waals surface area contributed by atoms with Crippen LogP contribution in [0.2, 0.25) is 0 Å². The molecule has 1 fully saturated rings. The van der Waals surface area contributed by atoms with E-state index in [2.05, 4.69) is 31.7 Å². The summed E-state index contributed by atoms with van der Waals surface area (Å²) < 4.78 is 0. The van der Waals surface area contributed by atoms with Crippen LogP contribution in [0.1, 0.15) is 40.0 Å². The Morgan fingerprint density at radius 1 is 1.31 bits per heavy atom. The molecular formula is C11H20N2. The lowest BCUT2D eigenvalue weighted by molar-refractivity contribution is 0.0886. The Kier molecular flexibility index (Phi) is 3.33. The maximum atomic E-state index is 8.58. The summed E-state index contributed by atoms with van der Waals surface area (Å²) in [5.74, 6) is 0.656. The standard InChI is InChI=1S/C11H20N2/c1-11(2,3)13-8-5-10(4-7-12)6-9-13/h10H,4-6,8-9H2,1-3H3. The van der Waals surface area contributed by atoms with Crippen molar-refractivity contribution in [2.75, 3.05) is 13.1 Å². The fourth-order valence-electron chi connectivity index (χ4n) is 1.94. The van der Waals surface area contributed by atoms with Crippen LogP contribution in [0.3, 0.4) is 0 Å². The SMILES string of the molecule is CC(C)(C)N1CCC(CC#N)CC1. The Labute approximate surface area is 81.5 Å². The highest BCUT2D eigenvalue weighted by Crippen LogP contribution is 2.25. The van der Waals surface area contributed by atoms with Gasteiger partial charge in [0.05, 0.1) is 6.07 Å². The zero-order valence-electron chi connectivity index (χ0n) is 9.01. The average molecular weight is 180 g/mol. The van der Waals surface area contributed by atoms with Crippen molar-refractivity contribution in [3.63, 3.8) is 0 Å². The van der Waals surface area contributed by atoms with Gasteiger partial charge in [-0.3, -0.25) is 4.90 Å². The number of nitrogens with zero attached hydrogens (tertiary/aromatic N) is 2. The van der Waals surface area contributed by atoms with Gasteiger partial charge in [0.15, 0.2) is 0 Å². The van der Waals surface area contributed by atoms with E-state index in [4.69, 9.17) is 5.26 Å². The van der Waals surface area contributed by atoms with Crippen LogP contribution in [0.4, 0.5) is 0 Å². The van der Waals surface area contributed by atoms with Gasteiger partial charge in [0.1, 0.15) is 0 Å². The topological polar surface area (TPSA) is 27.0 Å². The smallest absolute Gasteiger partial charge is 0.0624 e. The molecule has 0 atom stereocenters. The van der Waals surface area contributed by atoms with Gasteiger partial charge in [0, 0.05) is 12.0 Å². The molecular weight excluding hydrogens is 160 g/mol. The Hall–Kier alpha value is -0.550. The fourth-order valence-corrected chi connectivity index (χ4v) is 1.94. The van der Waals surface area contributed by atoms with Gasteiger partial charge in [-0.05, 0) is 52.6 Å². The van der Waals surface area contributed by atoms with E-state index in [1.807, 2.05) is 0 Å². The second kappa shape index (κ2) is 4.11. The molecule has 74 valence electrons. The summed E-state index contributed by atoms with van der Waals surface area (Å²) in [7, 11) is 0. The number of hydrogen-bond acceptors (Lipinski definition) is 2. The predicted molar refractivity (Wildman–Crippen MR) is 54.3 cm³/mol. The average Bonchev–Trinajstić information content (AvgIpc) is 2.04. The van der Waals surface area contributed by atoms with Crippen LogP contribution in [0.5, 0.6) is 0 Å². The van der Waals surface area contributed by atoms with E-state index in [9.17, 15) is 0 Å². The van der Waals surface area contributed by atoms with Crippen molar-refractivity contribution >= 4 is 0 Å². The van der Waals surface area contributed by atoms with Crippen LogP contribution >= 0.6 is 0 Å². The maximum Gasteiger partial charge on any atom is 0.0624 e. The summed E-state index contributed by atoms with van der Waals surface area (Å²) >= 11 is 0. The molecule has 0 unspecified atom stereocenters. The van der Waals surface area contributed by atoms with Crippen LogP contribution in [-0.4, -0.2) is 23.5 Å². The maximum absolute atomic E-state index is 8.58. The molecule has 1 heterocycles. The quantitative estimate of drug-likeness (QED) is 0.619. The van der Waals surface area contributed by atoms with E-state index in [-0.39, 0.29) is 0 Å². The van der Waals surface area contributed by atoms with Crippen LogP contribution in [-0.2, 0) is 0 Å². The lowest BCUT2D eigenvalue weighted by Gasteiger charge is -2.40. The highest BCUT2D eigenvalue weighted by molar-refractivity contribution is 4.85. The van der Waals surface area contributed by atoms with Gasteiger partial charge >= 0.3 is 0 Å². The molecule has 0 amide bonds. The third-order valence-electron chi connectivity index (χ3n) is 2.94. The summed E-state index contributed by atoms with van der Waals surface area (Å²) in [6, 6.07) is 2.27. The Morgan fingerprint density at radius 2 is 1.85 bits per heavy atom. The predicted octanol–water partition coefficient (Wildman–Crippen LogP) is 2.41. The van der Waals surface area contributed by atoms with E-state index < -0.39 is 0 Å². The van der Waals surface area contributed by atoms with Crippen molar-refractivity contribution in [1.82, 2.24) is 4.90 Å². The summed E-state index contributed by atoms with van der Waals surface area (Å²) in [5, 5.41) is 8.58. The first kappa shape index (κ1) is 10.5. The molecule has 1 aliphatic heterocycles. The van der Waals surface area contributed by atoms with Crippen molar-refractivity contribution in [3.05, 3.63) is 0 Å². The van der Waals surface area contributed by atoms with Crippen molar-refractivity contribution in [2.24, 2.45) is 5.92 Å². The monoisotopic (exact) mass is 180 g/mol. The van der Waals surface area contributed by atoms with Crippen LogP contribution in [0.25, 0.3) is 0 Å². The third-order valence-corrected chi connectivity index (χ3v) is 2.94. The lowest BCUT2D eigenvalue weighted by atomic mass is 9.91. The molecule has 0 radical (unpaired) electrons. The van der Waals surface area contributed by atoms with Crippen molar-refractivity contribution in [1.29, 1.82) is 5.26 Å². The van der Waals surface area contributed by atoms with Crippen molar-refractivity contribution < 1.29 is 0 Å². The second-order valence-electron chi connectivity index (χ2n) is 4.96. The van der Waals surface area contributed by atoms with Crippen LogP contribution in [0, 0.1) is 17.2 Å². The zero-order chi connectivity index (χ0) is 9.90. The molecule has 0 saturated carbocycles. The largest absolute Gasteiger partial charge is 0.298 e. The fraction of sp³-hybridized carbons (Fsp3) is 0.909. The molecule has 1 aliphatic rings. The van der Waals surface area contributed by atoms with Gasteiger partial charge < -0.3 is 0 Å². The summed E-state index contributed by atoms with van der Waals surface area (Å²) in [6.45, 7) is 9.11. The molecule has 0 aliphatic carbocycles. The molecule has 1 rings (SSSR count). The molecule has 1 saturated heterocycles. The van der Waals surface area contributed by atoms with Gasteiger partial charge in [0.25, 0.3) is 0 Å². The molecule has 13 heavy (non-hydrogen) atoms. The first-order valence-electron chi connectivity index (χ1n) is 5.16. The zero-order valence-corrected chi connectivity index (χ0v) is 9.01. The summed E-state index contributed by atoms with van der Waals surface area (Å²) in [5.41, 5.74) is 0.303. The molecule has 2 heteroatoms. The van der Waals surface area contributed by atoms with E-state index in [1.54, 1.807) is 0 Å². The number of hydrogen-bond donors (Lipinski definition) is 0.